The Hall–Kier alpha value is -6.51. The highest BCUT2D eigenvalue weighted by Gasteiger charge is 2.34. The van der Waals surface area contributed by atoms with Crippen LogP contribution in [-0.2, 0) is 0 Å². The first kappa shape index (κ1) is 32.1. The van der Waals surface area contributed by atoms with Crippen LogP contribution in [0.2, 0.25) is 10.0 Å². The highest BCUT2D eigenvalue weighted by Crippen LogP contribution is 2.25. The zero-order chi connectivity index (χ0) is 34.9. The standard InChI is InChI=1S/C28H18Cl2N14O5S/c29-12-3-7-14(8-4-12)31-27(48)35-25-39-37-23-33-18(21(46)41-43(23)25)17(20(45)16-2-1-11-50-16)19-22(47)42-44-24(34-19)38-40-26(44)36-28(49)32-15-9-5-13(30)6-10-15/h1-11,17H,(H,41,46)(H,42,47)(H2,31,35,39,48)(H2,32,36,40,49). The van der Waals surface area contributed by atoms with Gasteiger partial charge in [0, 0.05) is 21.4 Å². The van der Waals surface area contributed by atoms with Crippen molar-refractivity contribution < 1.29 is 14.4 Å². The van der Waals surface area contributed by atoms with Gasteiger partial charge in [-0.15, -0.1) is 31.7 Å². The van der Waals surface area contributed by atoms with Crippen molar-refractivity contribution in [2.45, 2.75) is 5.92 Å². The number of amides is 4. The summed E-state index contributed by atoms with van der Waals surface area (Å²) >= 11 is 12.8. The summed E-state index contributed by atoms with van der Waals surface area (Å²) in [6, 6.07) is 14.3. The van der Waals surface area contributed by atoms with Crippen LogP contribution in [0.4, 0.5) is 32.9 Å². The number of ketones is 1. The summed E-state index contributed by atoms with van der Waals surface area (Å²) in [6.07, 6.45) is 0. The molecule has 250 valence electrons. The second-order valence-electron chi connectivity index (χ2n) is 10.1. The summed E-state index contributed by atoms with van der Waals surface area (Å²) in [6.45, 7) is 0. The molecule has 7 aromatic rings. The predicted octanol–water partition coefficient (Wildman–Crippen LogP) is 3.61. The van der Waals surface area contributed by atoms with Gasteiger partial charge in [-0.2, -0.15) is 9.03 Å². The Labute approximate surface area is 290 Å². The molecule has 0 aliphatic carbocycles. The second kappa shape index (κ2) is 13.2. The van der Waals surface area contributed by atoms with Gasteiger partial charge in [0.25, 0.3) is 34.6 Å². The van der Waals surface area contributed by atoms with Crippen molar-refractivity contribution in [2.24, 2.45) is 0 Å². The van der Waals surface area contributed by atoms with Gasteiger partial charge in [-0.1, -0.05) is 29.3 Å². The molecule has 2 aromatic carbocycles. The average molecular weight is 734 g/mol. The molecule has 19 nitrogen and oxygen atoms in total. The molecule has 4 amide bonds. The van der Waals surface area contributed by atoms with Crippen molar-refractivity contribution in [1.29, 1.82) is 0 Å². The molecule has 5 heterocycles. The van der Waals surface area contributed by atoms with Crippen LogP contribution in [0.15, 0.2) is 75.6 Å². The number of urea groups is 2. The maximum Gasteiger partial charge on any atom is 0.326 e. The minimum Gasteiger partial charge on any atom is -0.308 e. The van der Waals surface area contributed by atoms with Gasteiger partial charge in [0.2, 0.25) is 0 Å². The number of carbonyl (C=O) groups is 3. The molecule has 0 saturated carbocycles. The summed E-state index contributed by atoms with van der Waals surface area (Å²) in [7, 11) is 0. The third-order valence-corrected chi connectivity index (χ3v) is 8.24. The fourth-order valence-electron chi connectivity index (χ4n) is 4.62. The Morgan fingerprint density at radius 3 is 1.54 bits per heavy atom. The Bertz CT molecular complexity index is 2380. The van der Waals surface area contributed by atoms with E-state index in [-0.39, 0.29) is 28.3 Å². The number of rotatable bonds is 8. The highest BCUT2D eigenvalue weighted by molar-refractivity contribution is 7.12. The molecule has 0 saturated heterocycles. The third kappa shape index (κ3) is 6.48. The number of hydrogen-bond donors (Lipinski definition) is 6. The molecule has 7 rings (SSSR count). The van der Waals surface area contributed by atoms with Crippen LogP contribution in [-0.4, -0.2) is 67.4 Å². The van der Waals surface area contributed by atoms with Crippen LogP contribution in [0.25, 0.3) is 11.6 Å². The SMILES string of the molecule is O=C(Nc1ccc(Cl)cc1)Nc1nnc2nc(C(C(=O)c3cccs3)c3nc4nnc(NC(=O)Nc5ccc(Cl)cc5)n4[nH]c3=O)c(=O)[nH]n12. The van der Waals surface area contributed by atoms with E-state index >= 15 is 0 Å². The van der Waals surface area contributed by atoms with E-state index in [4.69, 9.17) is 23.2 Å². The van der Waals surface area contributed by atoms with Gasteiger partial charge in [0.15, 0.2) is 5.78 Å². The van der Waals surface area contributed by atoms with Gasteiger partial charge in [-0.25, -0.2) is 19.6 Å². The van der Waals surface area contributed by atoms with E-state index in [1.54, 1.807) is 60.0 Å². The van der Waals surface area contributed by atoms with E-state index in [9.17, 15) is 24.0 Å². The topological polar surface area (TPSA) is 251 Å². The molecule has 0 aliphatic heterocycles. The molecule has 50 heavy (non-hydrogen) atoms. The summed E-state index contributed by atoms with van der Waals surface area (Å²) in [5, 5.41) is 33.1. The Morgan fingerprint density at radius 2 is 1.12 bits per heavy atom. The van der Waals surface area contributed by atoms with Gasteiger partial charge in [0.1, 0.15) is 17.3 Å². The molecule has 0 spiro atoms. The van der Waals surface area contributed by atoms with Gasteiger partial charge in [0.05, 0.1) is 4.88 Å². The van der Waals surface area contributed by atoms with E-state index < -0.39 is 46.3 Å². The minimum absolute atomic E-state index is 0.197. The van der Waals surface area contributed by atoms with Crippen molar-refractivity contribution in [3.63, 3.8) is 0 Å². The fraction of sp³-hybridized carbons (Fsp3) is 0.0357. The number of Topliss-reactive ketones (excluding diaryl/α,β-unsaturated/α-hetero) is 1. The zero-order valence-corrected chi connectivity index (χ0v) is 27.0. The van der Waals surface area contributed by atoms with E-state index in [1.807, 2.05) is 0 Å². The Kier molecular flexibility index (Phi) is 8.45. The number of anilines is 4. The van der Waals surface area contributed by atoms with Crippen molar-refractivity contribution in [3.05, 3.63) is 113 Å². The van der Waals surface area contributed by atoms with Crippen LogP contribution in [0.5, 0.6) is 0 Å². The lowest BCUT2D eigenvalue weighted by atomic mass is 9.95. The monoisotopic (exact) mass is 732 g/mol. The normalized spacial score (nSPS) is 11.2. The average Bonchev–Trinajstić information content (AvgIpc) is 3.85. The number of hydrogen-bond acceptors (Lipinski definition) is 12. The number of thiophene rings is 1. The number of nitrogens with one attached hydrogen (secondary N) is 6. The van der Waals surface area contributed by atoms with Gasteiger partial charge >= 0.3 is 12.1 Å². The summed E-state index contributed by atoms with van der Waals surface area (Å²) in [4.78, 5) is 74.8. The first-order chi connectivity index (χ1) is 24.1. The number of carbonyl (C=O) groups excluding carboxylic acids is 3. The van der Waals surface area contributed by atoms with Gasteiger partial charge < -0.3 is 10.6 Å². The first-order valence-corrected chi connectivity index (χ1v) is 15.7. The Morgan fingerprint density at radius 1 is 0.660 bits per heavy atom. The fourth-order valence-corrected chi connectivity index (χ4v) is 5.57. The minimum atomic E-state index is -1.65. The summed E-state index contributed by atoms with van der Waals surface area (Å²) in [5.41, 5.74) is -1.87. The molecule has 6 N–H and O–H groups in total. The molecule has 0 bridgehead atoms. The highest BCUT2D eigenvalue weighted by atomic mass is 35.5. The summed E-state index contributed by atoms with van der Waals surface area (Å²) in [5.74, 6) is -3.18. The van der Waals surface area contributed by atoms with Crippen molar-refractivity contribution in [3.8, 4) is 0 Å². The number of H-pyrrole nitrogens is 2. The number of fused-ring (bicyclic) bond motifs is 2. The number of halogens is 2. The van der Waals surface area contributed by atoms with Crippen LogP contribution in [0.3, 0.4) is 0 Å². The van der Waals surface area contributed by atoms with Crippen molar-refractivity contribution >= 4 is 87.2 Å². The molecule has 0 unspecified atom stereocenters. The molecule has 0 radical (unpaired) electrons. The molecule has 0 aliphatic rings. The molecule has 0 atom stereocenters. The smallest absolute Gasteiger partial charge is 0.308 e. The van der Waals surface area contributed by atoms with Gasteiger partial charge in [-0.3, -0.25) is 35.2 Å². The number of nitrogens with zero attached hydrogens (tertiary/aromatic N) is 8. The largest absolute Gasteiger partial charge is 0.326 e. The number of aromatic nitrogens is 10. The van der Waals surface area contributed by atoms with E-state index in [0.29, 0.717) is 21.4 Å². The molecular formula is C28H18Cl2N14O5S. The number of aromatic amines is 2. The van der Waals surface area contributed by atoms with E-state index in [2.05, 4.69) is 61.8 Å². The Balaban J connectivity index is 1.21. The molecule has 0 fully saturated rings. The lowest BCUT2D eigenvalue weighted by molar-refractivity contribution is 0.0974. The summed E-state index contributed by atoms with van der Waals surface area (Å²) < 4.78 is 1.98. The van der Waals surface area contributed by atoms with Crippen LogP contribution >= 0.6 is 34.5 Å². The van der Waals surface area contributed by atoms with Crippen LogP contribution < -0.4 is 32.4 Å². The maximum atomic E-state index is 13.9. The molecule has 5 aromatic heterocycles. The molecular weight excluding hydrogens is 715 g/mol. The van der Waals surface area contributed by atoms with Crippen LogP contribution in [0.1, 0.15) is 27.0 Å². The van der Waals surface area contributed by atoms with Crippen LogP contribution in [0, 0.1) is 0 Å². The zero-order valence-electron chi connectivity index (χ0n) is 24.7. The van der Waals surface area contributed by atoms with Crippen molar-refractivity contribution in [2.75, 3.05) is 21.3 Å². The van der Waals surface area contributed by atoms with E-state index in [1.165, 1.54) is 6.07 Å². The predicted molar refractivity (Wildman–Crippen MR) is 181 cm³/mol. The lowest BCUT2D eigenvalue weighted by Gasteiger charge is -2.13. The second-order valence-corrected chi connectivity index (χ2v) is 12.0. The lowest BCUT2D eigenvalue weighted by Crippen LogP contribution is -2.33. The van der Waals surface area contributed by atoms with E-state index in [0.717, 1.165) is 20.4 Å². The maximum absolute atomic E-state index is 13.9. The third-order valence-electron chi connectivity index (χ3n) is 6.85. The first-order valence-electron chi connectivity index (χ1n) is 14.1. The molecule has 22 heteroatoms. The quantitative estimate of drug-likeness (QED) is 0.123. The number of benzene rings is 2. The van der Waals surface area contributed by atoms with Gasteiger partial charge in [-0.05, 0) is 60.0 Å². The van der Waals surface area contributed by atoms with Crippen molar-refractivity contribution in [1.82, 2.24) is 49.6 Å².